The smallest absolute Gasteiger partial charge is 0.236 e. The molecular formula is C11H7BrN2O2S. The highest BCUT2D eigenvalue weighted by Crippen LogP contribution is 2.32. The number of nitrogens with zero attached hydrogens (tertiary/aromatic N) is 2. The SMILES string of the molecule is O=C1CC(=O)N(c2nc3ccc(Br)cc3s2)C1. The molecule has 1 aliphatic rings. The zero-order valence-electron chi connectivity index (χ0n) is 8.64. The van der Waals surface area contributed by atoms with E-state index in [-0.39, 0.29) is 24.7 Å². The number of thiazole rings is 1. The van der Waals surface area contributed by atoms with Crippen molar-refractivity contribution in [1.29, 1.82) is 0 Å². The van der Waals surface area contributed by atoms with E-state index in [4.69, 9.17) is 0 Å². The van der Waals surface area contributed by atoms with Crippen LogP contribution in [0.2, 0.25) is 0 Å². The molecule has 0 radical (unpaired) electrons. The Morgan fingerprint density at radius 2 is 2.18 bits per heavy atom. The third kappa shape index (κ3) is 1.87. The lowest BCUT2D eigenvalue weighted by Crippen LogP contribution is -2.24. The molecule has 2 aromatic rings. The van der Waals surface area contributed by atoms with Gasteiger partial charge < -0.3 is 0 Å². The van der Waals surface area contributed by atoms with Crippen LogP contribution in [0.5, 0.6) is 0 Å². The van der Waals surface area contributed by atoms with E-state index >= 15 is 0 Å². The predicted octanol–water partition coefficient (Wildman–Crippen LogP) is 2.36. The van der Waals surface area contributed by atoms with Crippen molar-refractivity contribution < 1.29 is 9.59 Å². The zero-order valence-corrected chi connectivity index (χ0v) is 11.0. The summed E-state index contributed by atoms with van der Waals surface area (Å²) in [6.07, 6.45) is -0.000377. The Morgan fingerprint density at radius 1 is 1.35 bits per heavy atom. The van der Waals surface area contributed by atoms with E-state index in [1.165, 1.54) is 16.2 Å². The lowest BCUT2D eigenvalue weighted by molar-refractivity contribution is -0.121. The second-order valence-electron chi connectivity index (χ2n) is 3.80. The van der Waals surface area contributed by atoms with Gasteiger partial charge >= 0.3 is 0 Å². The van der Waals surface area contributed by atoms with Gasteiger partial charge in [-0.25, -0.2) is 4.98 Å². The van der Waals surface area contributed by atoms with Crippen LogP contribution in [0.1, 0.15) is 6.42 Å². The number of ketones is 1. The first kappa shape index (κ1) is 10.9. The average molecular weight is 311 g/mol. The minimum absolute atomic E-state index is 0.000377. The monoisotopic (exact) mass is 310 g/mol. The number of rotatable bonds is 1. The summed E-state index contributed by atoms with van der Waals surface area (Å²) in [7, 11) is 0. The normalized spacial score (nSPS) is 16.2. The van der Waals surface area contributed by atoms with Crippen molar-refractivity contribution >= 4 is 54.3 Å². The number of hydrogen-bond donors (Lipinski definition) is 0. The highest BCUT2D eigenvalue weighted by molar-refractivity contribution is 9.10. The number of halogens is 1. The van der Waals surface area contributed by atoms with Crippen LogP contribution < -0.4 is 4.90 Å². The summed E-state index contributed by atoms with van der Waals surface area (Å²) in [4.78, 5) is 28.6. The second kappa shape index (κ2) is 3.89. The van der Waals surface area contributed by atoms with E-state index in [9.17, 15) is 9.59 Å². The van der Waals surface area contributed by atoms with Crippen LogP contribution in [-0.4, -0.2) is 23.2 Å². The fourth-order valence-corrected chi connectivity index (χ4v) is 3.29. The molecular weight excluding hydrogens is 304 g/mol. The first-order chi connectivity index (χ1) is 8.13. The number of anilines is 1. The Morgan fingerprint density at radius 3 is 2.88 bits per heavy atom. The Labute approximate surface area is 109 Å². The molecule has 1 aromatic carbocycles. The van der Waals surface area contributed by atoms with Gasteiger partial charge in [-0.3, -0.25) is 14.5 Å². The lowest BCUT2D eigenvalue weighted by Gasteiger charge is -2.08. The van der Waals surface area contributed by atoms with E-state index in [0.29, 0.717) is 5.13 Å². The number of aromatic nitrogens is 1. The molecule has 17 heavy (non-hydrogen) atoms. The third-order valence-corrected chi connectivity index (χ3v) is 4.09. The van der Waals surface area contributed by atoms with Gasteiger partial charge in [-0.15, -0.1) is 0 Å². The molecule has 0 saturated carbocycles. The lowest BCUT2D eigenvalue weighted by atomic mass is 10.3. The van der Waals surface area contributed by atoms with Crippen LogP contribution in [0.3, 0.4) is 0 Å². The van der Waals surface area contributed by atoms with Crippen LogP contribution >= 0.6 is 27.3 Å². The Balaban J connectivity index is 2.06. The van der Waals surface area contributed by atoms with E-state index in [1.54, 1.807) is 0 Å². The van der Waals surface area contributed by atoms with Gasteiger partial charge in [0.1, 0.15) is 0 Å². The van der Waals surface area contributed by atoms with Crippen molar-refractivity contribution in [2.75, 3.05) is 11.4 Å². The van der Waals surface area contributed by atoms with Crippen LogP contribution in [0.25, 0.3) is 10.2 Å². The zero-order chi connectivity index (χ0) is 12.0. The van der Waals surface area contributed by atoms with Gasteiger partial charge in [0.2, 0.25) is 5.91 Å². The van der Waals surface area contributed by atoms with Crippen molar-refractivity contribution in [3.05, 3.63) is 22.7 Å². The molecule has 1 amide bonds. The Kier molecular flexibility index (Phi) is 2.48. The number of carbonyl (C=O) groups excluding carboxylic acids is 2. The van der Waals surface area contributed by atoms with Crippen molar-refractivity contribution in [2.45, 2.75) is 6.42 Å². The maximum absolute atomic E-state index is 11.6. The second-order valence-corrected chi connectivity index (χ2v) is 5.73. The first-order valence-corrected chi connectivity index (χ1v) is 6.62. The number of carbonyl (C=O) groups is 2. The summed E-state index contributed by atoms with van der Waals surface area (Å²) in [5.41, 5.74) is 0.848. The topological polar surface area (TPSA) is 50.3 Å². The van der Waals surface area contributed by atoms with Gasteiger partial charge in [0.25, 0.3) is 0 Å². The summed E-state index contributed by atoms with van der Waals surface area (Å²) in [5.74, 6) is -0.205. The molecule has 1 aromatic heterocycles. The van der Waals surface area contributed by atoms with Crippen molar-refractivity contribution in [3.8, 4) is 0 Å². The predicted molar refractivity (Wildman–Crippen MR) is 69.3 cm³/mol. The standard InChI is InChI=1S/C11H7BrN2O2S/c12-6-1-2-8-9(3-6)17-11(13-8)14-5-7(15)4-10(14)16/h1-3H,4-5H2. The van der Waals surface area contributed by atoms with Crippen LogP contribution in [-0.2, 0) is 9.59 Å². The molecule has 0 spiro atoms. The van der Waals surface area contributed by atoms with Crippen molar-refractivity contribution in [2.24, 2.45) is 0 Å². The molecule has 2 heterocycles. The van der Waals surface area contributed by atoms with Gasteiger partial charge in [0.15, 0.2) is 10.9 Å². The van der Waals surface area contributed by atoms with E-state index in [0.717, 1.165) is 14.7 Å². The van der Waals surface area contributed by atoms with Crippen molar-refractivity contribution in [3.63, 3.8) is 0 Å². The first-order valence-electron chi connectivity index (χ1n) is 5.01. The number of Topliss-reactive ketones (excluding diaryl/α,β-unsaturated/α-hetero) is 1. The summed E-state index contributed by atoms with van der Waals surface area (Å²) < 4.78 is 1.98. The number of fused-ring (bicyclic) bond motifs is 1. The summed E-state index contributed by atoms with van der Waals surface area (Å²) >= 11 is 4.82. The Bertz CT molecular complexity index is 637. The molecule has 4 nitrogen and oxygen atoms in total. The number of amides is 1. The van der Waals surface area contributed by atoms with E-state index in [2.05, 4.69) is 20.9 Å². The number of benzene rings is 1. The molecule has 86 valence electrons. The molecule has 3 rings (SSSR count). The molecule has 1 fully saturated rings. The highest BCUT2D eigenvalue weighted by Gasteiger charge is 2.30. The van der Waals surface area contributed by atoms with E-state index in [1.807, 2.05) is 18.2 Å². The van der Waals surface area contributed by atoms with Gasteiger partial charge in [0, 0.05) is 4.47 Å². The summed E-state index contributed by atoms with van der Waals surface area (Å²) in [5, 5.41) is 0.606. The maximum Gasteiger partial charge on any atom is 0.236 e. The molecule has 6 heteroatoms. The average Bonchev–Trinajstić information content (AvgIpc) is 2.80. The largest absolute Gasteiger partial charge is 0.297 e. The highest BCUT2D eigenvalue weighted by atomic mass is 79.9. The molecule has 0 bridgehead atoms. The molecule has 1 aliphatic heterocycles. The van der Waals surface area contributed by atoms with Gasteiger partial charge in [-0.05, 0) is 18.2 Å². The fraction of sp³-hybridized carbons (Fsp3) is 0.182. The number of hydrogen-bond acceptors (Lipinski definition) is 4. The molecule has 0 unspecified atom stereocenters. The van der Waals surface area contributed by atoms with Gasteiger partial charge in [-0.2, -0.15) is 0 Å². The van der Waals surface area contributed by atoms with Crippen LogP contribution in [0, 0.1) is 0 Å². The minimum Gasteiger partial charge on any atom is -0.297 e. The van der Waals surface area contributed by atoms with Gasteiger partial charge in [-0.1, -0.05) is 27.3 Å². The fourth-order valence-electron chi connectivity index (χ4n) is 1.76. The molecule has 0 N–H and O–H groups in total. The molecule has 1 saturated heterocycles. The van der Waals surface area contributed by atoms with Gasteiger partial charge in [0.05, 0.1) is 23.2 Å². The van der Waals surface area contributed by atoms with Crippen LogP contribution in [0.4, 0.5) is 5.13 Å². The third-order valence-electron chi connectivity index (χ3n) is 2.55. The quantitative estimate of drug-likeness (QED) is 0.760. The summed E-state index contributed by atoms with van der Waals surface area (Å²) in [6.45, 7) is 0.153. The summed E-state index contributed by atoms with van der Waals surface area (Å²) in [6, 6.07) is 5.75. The Hall–Kier alpha value is -1.27. The molecule has 0 aliphatic carbocycles. The minimum atomic E-state index is -0.159. The van der Waals surface area contributed by atoms with Crippen LogP contribution in [0.15, 0.2) is 22.7 Å². The van der Waals surface area contributed by atoms with Crippen molar-refractivity contribution in [1.82, 2.24) is 4.98 Å². The van der Waals surface area contributed by atoms with E-state index < -0.39 is 0 Å². The molecule has 0 atom stereocenters. The maximum atomic E-state index is 11.6.